The van der Waals surface area contributed by atoms with Gasteiger partial charge in [0, 0.05) is 31.5 Å². The van der Waals surface area contributed by atoms with Gasteiger partial charge in [0.15, 0.2) is 5.78 Å². The number of Topliss-reactive ketones (excluding diaryl/α,β-unsaturated/α-hetero) is 1. The van der Waals surface area contributed by atoms with E-state index in [2.05, 4.69) is 5.32 Å². The second kappa shape index (κ2) is 7.92. The zero-order valence-corrected chi connectivity index (χ0v) is 12.0. The van der Waals surface area contributed by atoms with Crippen LogP contribution in [0, 0.1) is 0 Å². The molecule has 19 heavy (non-hydrogen) atoms. The summed E-state index contributed by atoms with van der Waals surface area (Å²) in [6.45, 7) is 1.37. The van der Waals surface area contributed by atoms with E-state index < -0.39 is 0 Å². The first-order chi connectivity index (χ1) is 9.00. The van der Waals surface area contributed by atoms with Crippen LogP contribution in [-0.4, -0.2) is 43.8 Å². The van der Waals surface area contributed by atoms with E-state index in [-0.39, 0.29) is 24.5 Å². The molecule has 0 spiro atoms. The first-order valence-corrected chi connectivity index (χ1v) is 6.57. The van der Waals surface area contributed by atoms with Gasteiger partial charge in [-0.2, -0.15) is 0 Å². The molecule has 0 saturated heterocycles. The largest absolute Gasteiger partial charge is 0.355 e. The third kappa shape index (κ3) is 5.85. The number of benzene rings is 1. The predicted octanol–water partition coefficient (Wildman–Crippen LogP) is 1.98. The number of ketones is 1. The SMILES string of the molecule is CN(C)CCNC(=O)CCC(=O)c1ccccc1Cl. The Kier molecular flexibility index (Phi) is 6.53. The van der Waals surface area contributed by atoms with E-state index in [1.54, 1.807) is 24.3 Å². The van der Waals surface area contributed by atoms with Gasteiger partial charge in [-0.15, -0.1) is 0 Å². The summed E-state index contributed by atoms with van der Waals surface area (Å²) in [5.74, 6) is -0.212. The van der Waals surface area contributed by atoms with Crippen molar-refractivity contribution in [3.8, 4) is 0 Å². The average molecular weight is 283 g/mol. The third-order valence-electron chi connectivity index (χ3n) is 2.63. The molecule has 0 aromatic heterocycles. The molecule has 0 aliphatic heterocycles. The molecule has 104 valence electrons. The number of carbonyl (C=O) groups excluding carboxylic acids is 2. The molecule has 0 unspecified atom stereocenters. The van der Waals surface area contributed by atoms with Crippen LogP contribution in [0.15, 0.2) is 24.3 Å². The minimum Gasteiger partial charge on any atom is -0.355 e. The Morgan fingerprint density at radius 1 is 1.21 bits per heavy atom. The molecule has 1 aromatic carbocycles. The maximum atomic E-state index is 11.9. The Balaban J connectivity index is 2.34. The third-order valence-corrected chi connectivity index (χ3v) is 2.96. The lowest BCUT2D eigenvalue weighted by molar-refractivity contribution is -0.121. The fourth-order valence-corrected chi connectivity index (χ4v) is 1.80. The highest BCUT2D eigenvalue weighted by Crippen LogP contribution is 2.17. The van der Waals surface area contributed by atoms with Crippen LogP contribution in [0.4, 0.5) is 0 Å². The maximum absolute atomic E-state index is 11.9. The fourth-order valence-electron chi connectivity index (χ4n) is 1.56. The van der Waals surface area contributed by atoms with Gasteiger partial charge in [0.05, 0.1) is 5.02 Å². The Hall–Kier alpha value is -1.39. The van der Waals surface area contributed by atoms with Crippen LogP contribution in [-0.2, 0) is 4.79 Å². The molecule has 0 aliphatic carbocycles. The molecule has 1 rings (SSSR count). The van der Waals surface area contributed by atoms with E-state index in [4.69, 9.17) is 11.6 Å². The molecule has 4 nitrogen and oxygen atoms in total. The zero-order valence-electron chi connectivity index (χ0n) is 11.3. The van der Waals surface area contributed by atoms with Gasteiger partial charge in [-0.1, -0.05) is 23.7 Å². The number of nitrogens with zero attached hydrogens (tertiary/aromatic N) is 1. The van der Waals surface area contributed by atoms with E-state index in [9.17, 15) is 9.59 Å². The van der Waals surface area contributed by atoms with Gasteiger partial charge in [0.25, 0.3) is 0 Å². The first kappa shape index (κ1) is 15.7. The van der Waals surface area contributed by atoms with Crippen molar-refractivity contribution in [2.75, 3.05) is 27.2 Å². The predicted molar refractivity (Wildman–Crippen MR) is 76.6 cm³/mol. The molecule has 0 radical (unpaired) electrons. The molecular weight excluding hydrogens is 264 g/mol. The lowest BCUT2D eigenvalue weighted by Gasteiger charge is -2.10. The molecule has 0 atom stereocenters. The van der Waals surface area contributed by atoms with E-state index >= 15 is 0 Å². The highest BCUT2D eigenvalue weighted by molar-refractivity contribution is 6.34. The summed E-state index contributed by atoms with van der Waals surface area (Å²) < 4.78 is 0. The summed E-state index contributed by atoms with van der Waals surface area (Å²) in [7, 11) is 3.88. The van der Waals surface area contributed by atoms with Crippen LogP contribution in [0.1, 0.15) is 23.2 Å². The molecule has 0 fully saturated rings. The van der Waals surface area contributed by atoms with Gasteiger partial charge in [0.1, 0.15) is 0 Å². The monoisotopic (exact) mass is 282 g/mol. The van der Waals surface area contributed by atoms with Crippen LogP contribution >= 0.6 is 11.6 Å². The lowest BCUT2D eigenvalue weighted by Crippen LogP contribution is -2.31. The highest BCUT2D eigenvalue weighted by atomic mass is 35.5. The van der Waals surface area contributed by atoms with Crippen molar-refractivity contribution >= 4 is 23.3 Å². The van der Waals surface area contributed by atoms with Gasteiger partial charge in [-0.05, 0) is 26.2 Å². The zero-order chi connectivity index (χ0) is 14.3. The fraction of sp³-hybridized carbons (Fsp3) is 0.429. The number of amides is 1. The molecule has 0 bridgehead atoms. The van der Waals surface area contributed by atoms with Crippen LogP contribution in [0.25, 0.3) is 0 Å². The molecule has 0 saturated carbocycles. The molecule has 5 heteroatoms. The van der Waals surface area contributed by atoms with Crippen LogP contribution in [0.3, 0.4) is 0 Å². The Bertz CT molecular complexity index is 447. The first-order valence-electron chi connectivity index (χ1n) is 6.20. The van der Waals surface area contributed by atoms with E-state index in [0.29, 0.717) is 17.1 Å². The average Bonchev–Trinajstić information content (AvgIpc) is 2.36. The number of nitrogens with one attached hydrogen (secondary N) is 1. The quantitative estimate of drug-likeness (QED) is 0.778. The van der Waals surface area contributed by atoms with Gasteiger partial charge >= 0.3 is 0 Å². The summed E-state index contributed by atoms with van der Waals surface area (Å²) in [5.41, 5.74) is 0.477. The Morgan fingerprint density at radius 3 is 2.53 bits per heavy atom. The van der Waals surface area contributed by atoms with Crippen molar-refractivity contribution < 1.29 is 9.59 Å². The van der Waals surface area contributed by atoms with Gasteiger partial charge in [-0.25, -0.2) is 0 Å². The molecule has 0 heterocycles. The van der Waals surface area contributed by atoms with Crippen molar-refractivity contribution in [1.82, 2.24) is 10.2 Å². The van der Waals surface area contributed by atoms with Crippen LogP contribution < -0.4 is 5.32 Å². The molecule has 0 aliphatic rings. The minimum absolute atomic E-state index is 0.103. The summed E-state index contributed by atoms with van der Waals surface area (Å²) in [5, 5.41) is 3.20. The summed E-state index contributed by atoms with van der Waals surface area (Å²) in [6.07, 6.45) is 0.370. The smallest absolute Gasteiger partial charge is 0.220 e. The molecule has 1 amide bonds. The van der Waals surface area contributed by atoms with Gasteiger partial charge in [0.2, 0.25) is 5.91 Å². The Labute approximate surface area is 118 Å². The van der Waals surface area contributed by atoms with Gasteiger partial charge < -0.3 is 10.2 Å². The standard InChI is InChI=1S/C14H19ClN2O2/c1-17(2)10-9-16-14(19)8-7-13(18)11-5-3-4-6-12(11)15/h3-6H,7-10H2,1-2H3,(H,16,19). The van der Waals surface area contributed by atoms with Crippen molar-refractivity contribution in [2.24, 2.45) is 0 Å². The number of carbonyl (C=O) groups is 2. The van der Waals surface area contributed by atoms with Crippen molar-refractivity contribution in [2.45, 2.75) is 12.8 Å². The summed E-state index contributed by atoms with van der Waals surface area (Å²) in [6, 6.07) is 6.88. The second-order valence-electron chi connectivity index (χ2n) is 4.56. The van der Waals surface area contributed by atoms with Crippen molar-refractivity contribution in [3.63, 3.8) is 0 Å². The normalized spacial score (nSPS) is 10.5. The number of rotatable bonds is 7. The molecule has 1 aromatic rings. The van der Waals surface area contributed by atoms with Crippen LogP contribution in [0.5, 0.6) is 0 Å². The summed E-state index contributed by atoms with van der Waals surface area (Å²) >= 11 is 5.93. The van der Waals surface area contributed by atoms with Crippen LogP contribution in [0.2, 0.25) is 5.02 Å². The van der Waals surface area contributed by atoms with E-state index in [1.807, 2.05) is 19.0 Å². The Morgan fingerprint density at radius 2 is 1.89 bits per heavy atom. The topological polar surface area (TPSA) is 49.4 Å². The molecule has 1 N–H and O–H groups in total. The minimum atomic E-state index is -0.109. The second-order valence-corrected chi connectivity index (χ2v) is 4.96. The lowest BCUT2D eigenvalue weighted by atomic mass is 10.1. The highest BCUT2D eigenvalue weighted by Gasteiger charge is 2.11. The number of hydrogen-bond donors (Lipinski definition) is 1. The number of likely N-dealkylation sites (N-methyl/N-ethyl adjacent to an activating group) is 1. The molecular formula is C14H19ClN2O2. The number of hydrogen-bond acceptors (Lipinski definition) is 3. The van der Waals surface area contributed by atoms with E-state index in [0.717, 1.165) is 6.54 Å². The summed E-state index contributed by atoms with van der Waals surface area (Å²) in [4.78, 5) is 25.4. The van der Waals surface area contributed by atoms with Crippen molar-refractivity contribution in [3.05, 3.63) is 34.9 Å². The van der Waals surface area contributed by atoms with Gasteiger partial charge in [-0.3, -0.25) is 9.59 Å². The van der Waals surface area contributed by atoms with E-state index in [1.165, 1.54) is 0 Å². The number of halogens is 1. The van der Waals surface area contributed by atoms with Crippen molar-refractivity contribution in [1.29, 1.82) is 0 Å². The maximum Gasteiger partial charge on any atom is 0.220 e.